The monoisotopic (exact) mass is 272 g/mol. The number of nitrogens with one attached hydrogen (secondary N) is 1. The van der Waals surface area contributed by atoms with Gasteiger partial charge in [-0.25, -0.2) is 4.39 Å². The number of hydrogen-bond donors (Lipinski definition) is 3. The molecule has 20 heavy (non-hydrogen) atoms. The Morgan fingerprint density at radius 2 is 1.75 bits per heavy atom. The summed E-state index contributed by atoms with van der Waals surface area (Å²) >= 11 is 0. The van der Waals surface area contributed by atoms with E-state index >= 15 is 0 Å². The molecule has 0 aromatic heterocycles. The lowest BCUT2D eigenvalue weighted by molar-refractivity contribution is 0.102. The summed E-state index contributed by atoms with van der Waals surface area (Å²) in [6.45, 7) is 0. The first-order valence-electron chi connectivity index (χ1n) is 5.55. The third-order valence-electron chi connectivity index (χ3n) is 2.62. The maximum atomic E-state index is 13.4. The molecule has 0 saturated heterocycles. The number of phenols is 2. The number of nitriles is 1. The molecule has 0 spiro atoms. The number of aromatic hydroxyl groups is 2. The van der Waals surface area contributed by atoms with Crippen LogP contribution in [-0.4, -0.2) is 16.1 Å². The molecule has 0 bridgehead atoms. The average Bonchev–Trinajstić information content (AvgIpc) is 2.38. The summed E-state index contributed by atoms with van der Waals surface area (Å²) in [5.74, 6) is -2.45. The Labute approximate surface area is 113 Å². The summed E-state index contributed by atoms with van der Waals surface area (Å²) in [6.07, 6.45) is 0. The highest BCUT2D eigenvalue weighted by atomic mass is 19.1. The van der Waals surface area contributed by atoms with Gasteiger partial charge in [0.15, 0.2) is 0 Å². The van der Waals surface area contributed by atoms with E-state index in [-0.39, 0.29) is 16.8 Å². The predicted octanol–water partition coefficient (Wildman–Crippen LogP) is 2.36. The van der Waals surface area contributed by atoms with Crippen LogP contribution < -0.4 is 5.32 Å². The van der Waals surface area contributed by atoms with Gasteiger partial charge < -0.3 is 15.5 Å². The highest BCUT2D eigenvalue weighted by Gasteiger charge is 2.18. The predicted molar refractivity (Wildman–Crippen MR) is 68.8 cm³/mol. The van der Waals surface area contributed by atoms with Crippen LogP contribution in [0.1, 0.15) is 15.9 Å². The van der Waals surface area contributed by atoms with Crippen molar-refractivity contribution in [1.29, 1.82) is 5.26 Å². The average molecular weight is 272 g/mol. The molecule has 0 atom stereocenters. The van der Waals surface area contributed by atoms with Gasteiger partial charge in [-0.1, -0.05) is 12.1 Å². The Morgan fingerprint density at radius 3 is 2.35 bits per heavy atom. The lowest BCUT2D eigenvalue weighted by Crippen LogP contribution is -2.13. The fraction of sp³-hybridized carbons (Fsp3) is 0. The van der Waals surface area contributed by atoms with Gasteiger partial charge in [-0.15, -0.1) is 0 Å². The number of rotatable bonds is 2. The molecule has 100 valence electrons. The van der Waals surface area contributed by atoms with Crippen LogP contribution in [0.2, 0.25) is 0 Å². The van der Waals surface area contributed by atoms with Gasteiger partial charge in [0.2, 0.25) is 0 Å². The van der Waals surface area contributed by atoms with Crippen molar-refractivity contribution < 1.29 is 19.4 Å². The van der Waals surface area contributed by atoms with Gasteiger partial charge in [0.05, 0.1) is 5.69 Å². The molecule has 0 aliphatic rings. The molecule has 3 N–H and O–H groups in total. The van der Waals surface area contributed by atoms with Gasteiger partial charge in [0.1, 0.15) is 34.5 Å². The Morgan fingerprint density at radius 1 is 1.15 bits per heavy atom. The summed E-state index contributed by atoms with van der Waals surface area (Å²) < 4.78 is 13.4. The minimum atomic E-state index is -0.845. The zero-order valence-electron chi connectivity index (χ0n) is 10.1. The Balaban J connectivity index is 2.39. The molecule has 0 saturated carbocycles. The van der Waals surface area contributed by atoms with Gasteiger partial charge >= 0.3 is 0 Å². The molecule has 6 heteroatoms. The number of carbonyl (C=O) groups is 1. The van der Waals surface area contributed by atoms with E-state index in [9.17, 15) is 19.4 Å². The van der Waals surface area contributed by atoms with E-state index in [2.05, 4.69) is 5.32 Å². The first kappa shape index (κ1) is 13.4. The molecule has 0 heterocycles. The van der Waals surface area contributed by atoms with Crippen molar-refractivity contribution in [2.24, 2.45) is 0 Å². The summed E-state index contributed by atoms with van der Waals surface area (Å²) in [5.41, 5.74) is -0.712. The number of nitrogens with zero attached hydrogens (tertiary/aromatic N) is 1. The van der Waals surface area contributed by atoms with Crippen molar-refractivity contribution in [3.63, 3.8) is 0 Å². The molecule has 2 aromatic rings. The second kappa shape index (κ2) is 5.28. The van der Waals surface area contributed by atoms with Gasteiger partial charge in [-0.3, -0.25) is 4.79 Å². The molecule has 0 unspecified atom stereocenters. The van der Waals surface area contributed by atoms with Crippen molar-refractivity contribution in [2.75, 3.05) is 5.32 Å². The number of phenolic OH excluding ortho intramolecular Hbond substituents is 2. The van der Waals surface area contributed by atoms with Gasteiger partial charge in [0.25, 0.3) is 5.91 Å². The number of halogens is 1. The van der Waals surface area contributed by atoms with E-state index in [0.717, 1.165) is 6.07 Å². The number of carbonyl (C=O) groups excluding carboxylic acids is 1. The highest BCUT2D eigenvalue weighted by molar-refractivity contribution is 6.08. The lowest BCUT2D eigenvalue weighted by Gasteiger charge is -2.09. The molecule has 2 rings (SSSR count). The van der Waals surface area contributed by atoms with E-state index in [1.165, 1.54) is 30.3 Å². The van der Waals surface area contributed by atoms with Crippen LogP contribution in [0.5, 0.6) is 11.5 Å². The van der Waals surface area contributed by atoms with E-state index in [4.69, 9.17) is 5.26 Å². The first-order chi connectivity index (χ1) is 9.54. The van der Waals surface area contributed by atoms with Crippen molar-refractivity contribution in [1.82, 2.24) is 0 Å². The number of amides is 1. The normalized spacial score (nSPS) is 9.80. The maximum Gasteiger partial charge on any atom is 0.263 e. The van der Waals surface area contributed by atoms with Gasteiger partial charge in [-0.2, -0.15) is 5.26 Å². The largest absolute Gasteiger partial charge is 0.507 e. The lowest BCUT2D eigenvalue weighted by atomic mass is 10.1. The number of anilines is 1. The molecule has 0 radical (unpaired) electrons. The van der Waals surface area contributed by atoms with E-state index in [0.29, 0.717) is 0 Å². The summed E-state index contributed by atoms with van der Waals surface area (Å²) in [6, 6.07) is 9.22. The minimum Gasteiger partial charge on any atom is -0.507 e. The Kier molecular flexibility index (Phi) is 3.53. The fourth-order valence-electron chi connectivity index (χ4n) is 1.69. The molecule has 0 aliphatic carbocycles. The van der Waals surface area contributed by atoms with Crippen molar-refractivity contribution in [3.05, 3.63) is 53.3 Å². The van der Waals surface area contributed by atoms with Gasteiger partial charge in [-0.05, 0) is 24.3 Å². The molecule has 1 amide bonds. The van der Waals surface area contributed by atoms with Crippen molar-refractivity contribution in [2.45, 2.75) is 0 Å². The molecular weight excluding hydrogens is 263 g/mol. The number of benzene rings is 2. The van der Waals surface area contributed by atoms with E-state index in [1.807, 2.05) is 0 Å². The van der Waals surface area contributed by atoms with E-state index < -0.39 is 23.2 Å². The van der Waals surface area contributed by atoms with Crippen LogP contribution in [0.25, 0.3) is 0 Å². The SMILES string of the molecule is N#Cc1c(F)cccc1NC(=O)c1c(O)cccc1O. The summed E-state index contributed by atoms with van der Waals surface area (Å²) in [5, 5.41) is 30.3. The van der Waals surface area contributed by atoms with Crippen molar-refractivity contribution >= 4 is 11.6 Å². The quantitative estimate of drug-likeness (QED) is 0.782. The minimum absolute atomic E-state index is 0.0415. The summed E-state index contributed by atoms with van der Waals surface area (Å²) in [4.78, 5) is 12.0. The standard InChI is InChI=1S/C14H9FN2O3/c15-9-3-1-4-10(8(9)7-16)17-14(20)13-11(18)5-2-6-12(13)19/h1-6,18-19H,(H,17,20). The Hall–Kier alpha value is -3.07. The molecule has 0 aliphatic heterocycles. The zero-order valence-corrected chi connectivity index (χ0v) is 10.1. The van der Waals surface area contributed by atoms with Crippen LogP contribution in [0.4, 0.5) is 10.1 Å². The third-order valence-corrected chi connectivity index (χ3v) is 2.62. The molecule has 5 nitrogen and oxygen atoms in total. The zero-order chi connectivity index (χ0) is 14.7. The number of hydrogen-bond acceptors (Lipinski definition) is 4. The smallest absolute Gasteiger partial charge is 0.263 e. The Bertz CT molecular complexity index is 703. The van der Waals surface area contributed by atoms with Crippen LogP contribution in [0.15, 0.2) is 36.4 Å². The van der Waals surface area contributed by atoms with Crippen LogP contribution in [0.3, 0.4) is 0 Å². The molecular formula is C14H9FN2O3. The molecule has 2 aromatic carbocycles. The van der Waals surface area contributed by atoms with Crippen LogP contribution in [-0.2, 0) is 0 Å². The van der Waals surface area contributed by atoms with E-state index in [1.54, 1.807) is 6.07 Å². The fourth-order valence-corrected chi connectivity index (χ4v) is 1.69. The molecule has 0 fully saturated rings. The second-order valence-corrected chi connectivity index (χ2v) is 3.90. The topological polar surface area (TPSA) is 93.4 Å². The van der Waals surface area contributed by atoms with Crippen LogP contribution in [0, 0.1) is 17.1 Å². The maximum absolute atomic E-state index is 13.4. The van der Waals surface area contributed by atoms with Crippen LogP contribution >= 0.6 is 0 Å². The van der Waals surface area contributed by atoms with Crippen molar-refractivity contribution in [3.8, 4) is 17.6 Å². The highest BCUT2D eigenvalue weighted by Crippen LogP contribution is 2.28. The third kappa shape index (κ3) is 2.37. The van der Waals surface area contributed by atoms with Gasteiger partial charge in [0, 0.05) is 0 Å². The first-order valence-corrected chi connectivity index (χ1v) is 5.55. The summed E-state index contributed by atoms with van der Waals surface area (Å²) in [7, 11) is 0. The second-order valence-electron chi connectivity index (χ2n) is 3.90.